The van der Waals surface area contributed by atoms with E-state index in [1.807, 2.05) is 24.3 Å². The summed E-state index contributed by atoms with van der Waals surface area (Å²) < 4.78 is 5.05. The molecule has 1 saturated heterocycles. The van der Waals surface area contributed by atoms with E-state index in [4.69, 9.17) is 4.74 Å². The molecule has 2 N–H and O–H groups in total. The van der Waals surface area contributed by atoms with Gasteiger partial charge in [0.25, 0.3) is 5.91 Å². The Bertz CT molecular complexity index is 422. The van der Waals surface area contributed by atoms with Gasteiger partial charge in [0, 0.05) is 25.3 Å². The van der Waals surface area contributed by atoms with Crippen LogP contribution in [0.2, 0.25) is 0 Å². The molecule has 0 radical (unpaired) electrons. The van der Waals surface area contributed by atoms with Gasteiger partial charge in [0.05, 0.1) is 6.61 Å². The molecule has 0 aromatic heterocycles. The van der Waals surface area contributed by atoms with E-state index in [9.17, 15) is 4.79 Å². The van der Waals surface area contributed by atoms with Crippen molar-refractivity contribution in [3.05, 3.63) is 35.4 Å². The van der Waals surface area contributed by atoms with Crippen LogP contribution in [0.1, 0.15) is 29.3 Å². The van der Waals surface area contributed by atoms with Gasteiger partial charge in [-0.1, -0.05) is 19.1 Å². The third-order valence-electron chi connectivity index (χ3n) is 3.67. The highest BCUT2D eigenvalue weighted by molar-refractivity contribution is 5.94. The molecule has 2 unspecified atom stereocenters. The Balaban J connectivity index is 0.00000200. The molecule has 2 rings (SSSR count). The summed E-state index contributed by atoms with van der Waals surface area (Å²) in [7, 11) is 1.66. The van der Waals surface area contributed by atoms with Gasteiger partial charge in [0.1, 0.15) is 0 Å². The molecule has 1 heterocycles. The molecule has 0 spiro atoms. The van der Waals surface area contributed by atoms with Gasteiger partial charge >= 0.3 is 0 Å². The third-order valence-corrected chi connectivity index (χ3v) is 3.67. The Morgan fingerprint density at radius 2 is 2.10 bits per heavy atom. The summed E-state index contributed by atoms with van der Waals surface area (Å²) in [6.07, 6.45) is 1.11. The Morgan fingerprint density at radius 3 is 2.70 bits per heavy atom. The zero-order chi connectivity index (χ0) is 13.7. The van der Waals surface area contributed by atoms with Gasteiger partial charge in [-0.3, -0.25) is 4.79 Å². The summed E-state index contributed by atoms with van der Waals surface area (Å²) in [5, 5.41) is 6.42. The Kier molecular flexibility index (Phi) is 6.99. The van der Waals surface area contributed by atoms with Crippen molar-refractivity contribution in [1.82, 2.24) is 10.6 Å². The van der Waals surface area contributed by atoms with Crippen LogP contribution >= 0.6 is 12.4 Å². The lowest BCUT2D eigenvalue weighted by molar-refractivity contribution is 0.0915. The second kappa shape index (κ2) is 8.25. The van der Waals surface area contributed by atoms with E-state index in [0.29, 0.717) is 18.1 Å². The molecule has 2 atom stereocenters. The minimum Gasteiger partial charge on any atom is -0.380 e. The van der Waals surface area contributed by atoms with Gasteiger partial charge in [-0.25, -0.2) is 0 Å². The van der Waals surface area contributed by atoms with Crippen molar-refractivity contribution in [2.24, 2.45) is 5.92 Å². The maximum Gasteiger partial charge on any atom is 0.251 e. The lowest BCUT2D eigenvalue weighted by Crippen LogP contribution is -2.50. The van der Waals surface area contributed by atoms with Gasteiger partial charge in [-0.2, -0.15) is 0 Å². The zero-order valence-corrected chi connectivity index (χ0v) is 12.8. The van der Waals surface area contributed by atoms with Crippen LogP contribution in [0.25, 0.3) is 0 Å². The van der Waals surface area contributed by atoms with Crippen LogP contribution in [0, 0.1) is 5.92 Å². The molecule has 1 aliphatic rings. The maximum absolute atomic E-state index is 12.2. The number of ether oxygens (including phenoxy) is 1. The highest BCUT2D eigenvalue weighted by Gasteiger charge is 2.22. The number of amides is 1. The van der Waals surface area contributed by atoms with Gasteiger partial charge in [0.15, 0.2) is 0 Å². The van der Waals surface area contributed by atoms with Crippen LogP contribution in [0.5, 0.6) is 0 Å². The smallest absolute Gasteiger partial charge is 0.251 e. The number of piperidine rings is 1. The van der Waals surface area contributed by atoms with Crippen LogP contribution in [-0.4, -0.2) is 32.1 Å². The monoisotopic (exact) mass is 298 g/mol. The topological polar surface area (TPSA) is 50.4 Å². The van der Waals surface area contributed by atoms with Gasteiger partial charge in [-0.05, 0) is 36.6 Å². The maximum atomic E-state index is 12.2. The van der Waals surface area contributed by atoms with Crippen molar-refractivity contribution in [2.45, 2.75) is 26.0 Å². The number of carbonyl (C=O) groups excluding carboxylic acids is 1. The number of carbonyl (C=O) groups is 1. The summed E-state index contributed by atoms with van der Waals surface area (Å²) in [5.41, 5.74) is 1.78. The van der Waals surface area contributed by atoms with Crippen LogP contribution in [0.15, 0.2) is 24.3 Å². The number of benzene rings is 1. The first-order valence-electron chi connectivity index (χ1n) is 6.80. The molecule has 112 valence electrons. The lowest BCUT2D eigenvalue weighted by atomic mass is 9.94. The molecule has 0 aliphatic carbocycles. The molecular formula is C15H23ClN2O2. The highest BCUT2D eigenvalue weighted by atomic mass is 35.5. The van der Waals surface area contributed by atoms with Crippen LogP contribution < -0.4 is 10.6 Å². The Hall–Kier alpha value is -1.10. The zero-order valence-electron chi connectivity index (χ0n) is 12.0. The molecule has 1 aromatic carbocycles. The predicted octanol–water partition coefficient (Wildman–Crippen LogP) is 1.98. The Morgan fingerprint density at radius 1 is 1.40 bits per heavy atom. The predicted molar refractivity (Wildman–Crippen MR) is 82.3 cm³/mol. The SMILES string of the molecule is COCc1ccc(C(=O)NC2CNCCC2C)cc1.Cl. The standard InChI is InChI=1S/C15H22N2O2.ClH/c1-11-7-8-16-9-14(11)17-15(18)13-5-3-12(4-6-13)10-19-2;/h3-6,11,14,16H,7-10H2,1-2H3,(H,17,18);1H. The van der Waals surface area contributed by atoms with Crippen molar-refractivity contribution in [1.29, 1.82) is 0 Å². The minimum absolute atomic E-state index is 0. The van der Waals surface area contributed by atoms with E-state index in [2.05, 4.69) is 17.6 Å². The van der Waals surface area contributed by atoms with E-state index >= 15 is 0 Å². The highest BCUT2D eigenvalue weighted by Crippen LogP contribution is 2.12. The second-order valence-corrected chi connectivity index (χ2v) is 5.18. The van der Waals surface area contributed by atoms with E-state index in [-0.39, 0.29) is 24.4 Å². The van der Waals surface area contributed by atoms with E-state index < -0.39 is 0 Å². The fourth-order valence-electron chi connectivity index (χ4n) is 2.35. The average molecular weight is 299 g/mol. The van der Waals surface area contributed by atoms with Crippen LogP contribution in [0.3, 0.4) is 0 Å². The minimum atomic E-state index is 0. The first kappa shape index (κ1) is 17.0. The molecule has 1 amide bonds. The summed E-state index contributed by atoms with van der Waals surface area (Å²) >= 11 is 0. The largest absolute Gasteiger partial charge is 0.380 e. The molecule has 1 aromatic rings. The van der Waals surface area contributed by atoms with E-state index in [0.717, 1.165) is 25.1 Å². The molecular weight excluding hydrogens is 276 g/mol. The number of nitrogens with one attached hydrogen (secondary N) is 2. The summed E-state index contributed by atoms with van der Waals surface area (Å²) in [4.78, 5) is 12.2. The number of hydrogen-bond acceptors (Lipinski definition) is 3. The normalized spacial score (nSPS) is 21.9. The van der Waals surface area contributed by atoms with Gasteiger partial charge < -0.3 is 15.4 Å². The average Bonchev–Trinajstić information content (AvgIpc) is 2.42. The fraction of sp³-hybridized carbons (Fsp3) is 0.533. The van der Waals surface area contributed by atoms with Crippen LogP contribution in [0.4, 0.5) is 0 Å². The molecule has 4 nitrogen and oxygen atoms in total. The Labute approximate surface area is 126 Å². The third kappa shape index (κ3) is 4.47. The van der Waals surface area contributed by atoms with Crippen molar-refractivity contribution in [2.75, 3.05) is 20.2 Å². The quantitative estimate of drug-likeness (QED) is 0.894. The van der Waals surface area contributed by atoms with Crippen molar-refractivity contribution < 1.29 is 9.53 Å². The second-order valence-electron chi connectivity index (χ2n) is 5.18. The van der Waals surface area contributed by atoms with Crippen molar-refractivity contribution in [3.63, 3.8) is 0 Å². The molecule has 1 aliphatic heterocycles. The molecule has 5 heteroatoms. The first-order valence-corrected chi connectivity index (χ1v) is 6.80. The van der Waals surface area contributed by atoms with Crippen molar-refractivity contribution >= 4 is 18.3 Å². The molecule has 0 bridgehead atoms. The van der Waals surface area contributed by atoms with E-state index in [1.54, 1.807) is 7.11 Å². The number of methoxy groups -OCH3 is 1. The first-order chi connectivity index (χ1) is 9.20. The van der Waals surface area contributed by atoms with Crippen LogP contribution in [-0.2, 0) is 11.3 Å². The molecule has 0 saturated carbocycles. The summed E-state index contributed by atoms with van der Waals surface area (Å²) in [6.45, 7) is 4.66. The molecule has 1 fully saturated rings. The lowest BCUT2D eigenvalue weighted by Gasteiger charge is -2.30. The van der Waals surface area contributed by atoms with E-state index in [1.165, 1.54) is 0 Å². The molecule has 20 heavy (non-hydrogen) atoms. The number of halogens is 1. The summed E-state index contributed by atoms with van der Waals surface area (Å²) in [5.74, 6) is 0.530. The van der Waals surface area contributed by atoms with Gasteiger partial charge in [-0.15, -0.1) is 12.4 Å². The number of rotatable bonds is 4. The summed E-state index contributed by atoms with van der Waals surface area (Å²) in [6, 6.07) is 7.79. The van der Waals surface area contributed by atoms with Gasteiger partial charge in [0.2, 0.25) is 0 Å². The number of hydrogen-bond donors (Lipinski definition) is 2. The van der Waals surface area contributed by atoms with Crippen molar-refractivity contribution in [3.8, 4) is 0 Å². The fourth-order valence-corrected chi connectivity index (χ4v) is 2.35.